The maximum absolute atomic E-state index is 11.2. The van der Waals surface area contributed by atoms with Crippen LogP contribution in [-0.2, 0) is 19.5 Å². The summed E-state index contributed by atoms with van der Waals surface area (Å²) in [5.41, 5.74) is 5.63. The summed E-state index contributed by atoms with van der Waals surface area (Å²) in [5, 5.41) is 19.7. The zero-order chi connectivity index (χ0) is 22.2. The normalized spacial score (nSPS) is 12.6. The van der Waals surface area contributed by atoms with Gasteiger partial charge in [-0.3, -0.25) is 4.68 Å². The van der Waals surface area contributed by atoms with Crippen LogP contribution in [0.5, 0.6) is 0 Å². The van der Waals surface area contributed by atoms with Gasteiger partial charge >= 0.3 is 0 Å². The van der Waals surface area contributed by atoms with Crippen molar-refractivity contribution in [2.45, 2.75) is 25.6 Å². The zero-order valence-electron chi connectivity index (χ0n) is 18.3. The molecule has 6 aromatic rings. The largest absolute Gasteiger partial charge is 0.389 e. The summed E-state index contributed by atoms with van der Waals surface area (Å²) in [6.07, 6.45) is 0.205. The van der Waals surface area contributed by atoms with Gasteiger partial charge in [0.1, 0.15) is 0 Å². The summed E-state index contributed by atoms with van der Waals surface area (Å²) in [6.45, 7) is 0.951. The Labute approximate surface area is 192 Å². The number of hydrogen-bond donors (Lipinski definition) is 1. The van der Waals surface area contributed by atoms with E-state index < -0.39 is 6.10 Å². The standard InChI is InChI=1S/C29H25N3O/c33-22(19-31-27-16-8-5-12-23(27)24-13-6-9-17-28(24)31)20-32-29(18-21-10-2-1-3-11-21)25-14-4-7-15-26(25)30-32/h1-17,22,33H,18-20H2. The molecule has 2 heterocycles. The second-order valence-electron chi connectivity index (χ2n) is 8.61. The van der Waals surface area contributed by atoms with Crippen LogP contribution in [0.15, 0.2) is 103 Å². The number of para-hydroxylation sites is 2. The number of rotatable bonds is 6. The number of benzene rings is 4. The van der Waals surface area contributed by atoms with Crippen molar-refractivity contribution in [3.63, 3.8) is 0 Å². The first-order valence-electron chi connectivity index (χ1n) is 11.4. The Bertz CT molecular complexity index is 1510. The van der Waals surface area contributed by atoms with E-state index in [2.05, 4.69) is 89.5 Å². The molecule has 0 radical (unpaired) electrons. The molecule has 0 saturated heterocycles. The van der Waals surface area contributed by atoms with E-state index in [-0.39, 0.29) is 0 Å². The topological polar surface area (TPSA) is 43.0 Å². The van der Waals surface area contributed by atoms with Crippen LogP contribution in [0.3, 0.4) is 0 Å². The Balaban J connectivity index is 1.36. The molecule has 0 aliphatic heterocycles. The SMILES string of the molecule is OC(Cn1nc2ccccc2c1Cc1ccccc1)Cn1c2ccccc2c2ccccc21. The molecule has 2 aromatic heterocycles. The minimum absolute atomic E-state index is 0.442. The highest BCUT2D eigenvalue weighted by Crippen LogP contribution is 2.29. The van der Waals surface area contributed by atoms with Crippen molar-refractivity contribution < 1.29 is 5.11 Å². The van der Waals surface area contributed by atoms with Gasteiger partial charge in [0.2, 0.25) is 0 Å². The number of aliphatic hydroxyl groups excluding tert-OH is 1. The Morgan fingerprint density at radius 3 is 1.91 bits per heavy atom. The highest BCUT2D eigenvalue weighted by molar-refractivity contribution is 6.07. The minimum atomic E-state index is -0.576. The molecule has 0 bridgehead atoms. The van der Waals surface area contributed by atoms with Crippen molar-refractivity contribution in [1.29, 1.82) is 0 Å². The van der Waals surface area contributed by atoms with Crippen molar-refractivity contribution in [3.05, 3.63) is 114 Å². The van der Waals surface area contributed by atoms with E-state index in [0.29, 0.717) is 13.1 Å². The fourth-order valence-corrected chi connectivity index (χ4v) is 4.93. The van der Waals surface area contributed by atoms with E-state index in [1.54, 1.807) is 0 Å². The summed E-state index contributed by atoms with van der Waals surface area (Å²) >= 11 is 0. The van der Waals surface area contributed by atoms with Crippen LogP contribution in [0.4, 0.5) is 0 Å². The lowest BCUT2D eigenvalue weighted by Gasteiger charge is -2.16. The molecule has 0 saturated carbocycles. The molecule has 1 unspecified atom stereocenters. The number of aromatic nitrogens is 3. The van der Waals surface area contributed by atoms with Gasteiger partial charge in [-0.05, 0) is 23.8 Å². The van der Waals surface area contributed by atoms with Crippen LogP contribution in [0.25, 0.3) is 32.7 Å². The third-order valence-electron chi connectivity index (χ3n) is 6.43. The average molecular weight is 432 g/mol. The molecular weight excluding hydrogens is 406 g/mol. The molecule has 4 heteroatoms. The Morgan fingerprint density at radius 1 is 0.636 bits per heavy atom. The molecule has 0 aliphatic rings. The number of hydrogen-bond acceptors (Lipinski definition) is 2. The predicted molar refractivity (Wildman–Crippen MR) is 134 cm³/mol. The van der Waals surface area contributed by atoms with Gasteiger partial charge < -0.3 is 9.67 Å². The first-order chi connectivity index (χ1) is 16.3. The summed E-state index contributed by atoms with van der Waals surface area (Å²) in [7, 11) is 0. The second kappa shape index (κ2) is 8.23. The maximum atomic E-state index is 11.2. The van der Waals surface area contributed by atoms with Crippen LogP contribution in [0.1, 0.15) is 11.3 Å². The van der Waals surface area contributed by atoms with Crippen molar-refractivity contribution in [3.8, 4) is 0 Å². The van der Waals surface area contributed by atoms with Crippen LogP contribution in [0, 0.1) is 0 Å². The summed E-state index contributed by atoms with van der Waals surface area (Å²) in [5.74, 6) is 0. The van der Waals surface area contributed by atoms with Crippen molar-refractivity contribution in [2.75, 3.05) is 0 Å². The fraction of sp³-hybridized carbons (Fsp3) is 0.138. The first kappa shape index (κ1) is 19.8. The number of aliphatic hydroxyl groups is 1. The highest BCUT2D eigenvalue weighted by Gasteiger charge is 2.17. The van der Waals surface area contributed by atoms with Gasteiger partial charge in [0.15, 0.2) is 0 Å². The van der Waals surface area contributed by atoms with Gasteiger partial charge in [-0.25, -0.2) is 0 Å². The molecule has 0 aliphatic carbocycles. The Kier molecular flexibility index (Phi) is 4.93. The van der Waals surface area contributed by atoms with E-state index in [9.17, 15) is 5.11 Å². The van der Waals surface area contributed by atoms with E-state index in [1.807, 2.05) is 22.9 Å². The molecule has 6 rings (SSSR count). The van der Waals surface area contributed by atoms with Gasteiger partial charge in [0, 0.05) is 33.6 Å². The number of fused-ring (bicyclic) bond motifs is 4. The highest BCUT2D eigenvalue weighted by atomic mass is 16.3. The molecule has 1 N–H and O–H groups in total. The molecule has 162 valence electrons. The molecule has 1 atom stereocenters. The fourth-order valence-electron chi connectivity index (χ4n) is 4.93. The van der Waals surface area contributed by atoms with Gasteiger partial charge in [0.25, 0.3) is 0 Å². The third-order valence-corrected chi connectivity index (χ3v) is 6.43. The zero-order valence-corrected chi connectivity index (χ0v) is 18.3. The van der Waals surface area contributed by atoms with Gasteiger partial charge in [0.05, 0.1) is 30.4 Å². The van der Waals surface area contributed by atoms with Crippen molar-refractivity contribution in [1.82, 2.24) is 14.3 Å². The maximum Gasteiger partial charge on any atom is 0.0926 e. The second-order valence-corrected chi connectivity index (χ2v) is 8.61. The monoisotopic (exact) mass is 431 g/mol. The Morgan fingerprint density at radius 2 is 1.21 bits per heavy atom. The summed E-state index contributed by atoms with van der Waals surface area (Å²) in [4.78, 5) is 0. The van der Waals surface area contributed by atoms with Gasteiger partial charge in [-0.15, -0.1) is 0 Å². The van der Waals surface area contributed by atoms with E-state index >= 15 is 0 Å². The van der Waals surface area contributed by atoms with Gasteiger partial charge in [-0.2, -0.15) is 5.10 Å². The van der Waals surface area contributed by atoms with E-state index in [0.717, 1.165) is 34.1 Å². The molecule has 33 heavy (non-hydrogen) atoms. The van der Waals surface area contributed by atoms with E-state index in [1.165, 1.54) is 16.3 Å². The number of nitrogens with zero attached hydrogens (tertiary/aromatic N) is 3. The first-order valence-corrected chi connectivity index (χ1v) is 11.4. The molecule has 0 fully saturated rings. The Hall–Kier alpha value is -3.89. The van der Waals surface area contributed by atoms with E-state index in [4.69, 9.17) is 5.10 Å². The summed E-state index contributed by atoms with van der Waals surface area (Å²) in [6, 6.07) is 35.5. The molecule has 4 nitrogen and oxygen atoms in total. The lowest BCUT2D eigenvalue weighted by atomic mass is 10.1. The lowest BCUT2D eigenvalue weighted by molar-refractivity contribution is 0.132. The van der Waals surface area contributed by atoms with Crippen LogP contribution in [0.2, 0.25) is 0 Å². The molecular formula is C29H25N3O. The lowest BCUT2D eigenvalue weighted by Crippen LogP contribution is -2.24. The van der Waals surface area contributed by atoms with Crippen LogP contribution >= 0.6 is 0 Å². The van der Waals surface area contributed by atoms with Crippen LogP contribution < -0.4 is 0 Å². The van der Waals surface area contributed by atoms with Crippen LogP contribution in [-0.4, -0.2) is 25.6 Å². The third kappa shape index (κ3) is 3.59. The molecule has 0 spiro atoms. The van der Waals surface area contributed by atoms with Crippen molar-refractivity contribution in [2.24, 2.45) is 0 Å². The predicted octanol–water partition coefficient (Wildman–Crippen LogP) is 5.80. The molecule has 4 aromatic carbocycles. The quantitative estimate of drug-likeness (QED) is 0.362. The van der Waals surface area contributed by atoms with Crippen molar-refractivity contribution >= 4 is 32.7 Å². The van der Waals surface area contributed by atoms with Gasteiger partial charge in [-0.1, -0.05) is 84.9 Å². The average Bonchev–Trinajstić information content (AvgIpc) is 3.36. The summed E-state index contributed by atoms with van der Waals surface area (Å²) < 4.78 is 4.23. The smallest absolute Gasteiger partial charge is 0.0926 e. The minimum Gasteiger partial charge on any atom is -0.389 e. The molecule has 0 amide bonds.